The molecule has 1 unspecified atom stereocenters. The number of nitro groups is 1. The lowest BCUT2D eigenvalue weighted by molar-refractivity contribution is -0.385. The van der Waals surface area contributed by atoms with Gasteiger partial charge in [-0.25, -0.2) is 0 Å². The molecule has 0 aromatic heterocycles. The quantitative estimate of drug-likeness (QED) is 0.644. The molecule has 1 aliphatic heterocycles. The molecule has 5 nitrogen and oxygen atoms in total. The summed E-state index contributed by atoms with van der Waals surface area (Å²) >= 11 is 0. The Hall–Kier alpha value is -1.62. The zero-order valence-corrected chi connectivity index (χ0v) is 9.81. The number of nitrogens with one attached hydrogen (secondary N) is 1. The molecule has 0 spiro atoms. The maximum atomic E-state index is 10.8. The van der Waals surface area contributed by atoms with Crippen LogP contribution >= 0.6 is 0 Å². The van der Waals surface area contributed by atoms with Crippen LogP contribution in [-0.2, 0) is 0 Å². The number of nitrogens with zero attached hydrogens (tertiary/aromatic N) is 1. The molecular weight excluding hydrogens is 220 g/mol. The summed E-state index contributed by atoms with van der Waals surface area (Å²) < 4.78 is 5.73. The second-order valence-corrected chi connectivity index (χ2v) is 4.29. The summed E-state index contributed by atoms with van der Waals surface area (Å²) in [5.41, 5.74) is 0.774. The average molecular weight is 236 g/mol. The number of aryl methyl sites for hydroxylation is 1. The van der Waals surface area contributed by atoms with Crippen molar-refractivity contribution in [2.24, 2.45) is 0 Å². The highest BCUT2D eigenvalue weighted by atomic mass is 16.6. The standard InChI is InChI=1S/C12H16N2O3/c1-9-4-5-10(7-12(9)14(15)16)17-11-3-2-6-13-8-11/h4-5,7,11,13H,2-3,6,8H2,1H3. The van der Waals surface area contributed by atoms with Crippen LogP contribution in [0.15, 0.2) is 18.2 Å². The van der Waals surface area contributed by atoms with Crippen LogP contribution in [0.4, 0.5) is 5.69 Å². The van der Waals surface area contributed by atoms with Gasteiger partial charge in [0.15, 0.2) is 0 Å². The van der Waals surface area contributed by atoms with E-state index in [4.69, 9.17) is 4.74 Å². The van der Waals surface area contributed by atoms with Gasteiger partial charge in [0.1, 0.15) is 11.9 Å². The maximum Gasteiger partial charge on any atom is 0.276 e. The molecule has 1 heterocycles. The Kier molecular flexibility index (Phi) is 3.58. The molecule has 17 heavy (non-hydrogen) atoms. The van der Waals surface area contributed by atoms with E-state index >= 15 is 0 Å². The normalized spacial score (nSPS) is 19.9. The summed E-state index contributed by atoms with van der Waals surface area (Å²) in [5, 5.41) is 14.0. The largest absolute Gasteiger partial charge is 0.489 e. The molecule has 1 fully saturated rings. The van der Waals surface area contributed by atoms with Crippen molar-refractivity contribution in [1.82, 2.24) is 5.32 Å². The Morgan fingerprint density at radius 2 is 2.35 bits per heavy atom. The van der Waals surface area contributed by atoms with E-state index in [1.165, 1.54) is 6.07 Å². The van der Waals surface area contributed by atoms with Gasteiger partial charge >= 0.3 is 0 Å². The Labute approximate surface area is 99.9 Å². The molecule has 5 heteroatoms. The van der Waals surface area contributed by atoms with Gasteiger partial charge in [0, 0.05) is 12.1 Å². The van der Waals surface area contributed by atoms with E-state index in [0.717, 1.165) is 25.9 Å². The molecule has 0 amide bonds. The molecule has 0 saturated carbocycles. The molecule has 1 aromatic rings. The summed E-state index contributed by atoms with van der Waals surface area (Å²) in [4.78, 5) is 10.4. The molecule has 1 atom stereocenters. The SMILES string of the molecule is Cc1ccc(OC2CCCNC2)cc1[N+](=O)[O-]. The second kappa shape index (κ2) is 5.14. The minimum atomic E-state index is -0.374. The zero-order valence-electron chi connectivity index (χ0n) is 9.81. The fourth-order valence-corrected chi connectivity index (χ4v) is 1.97. The molecule has 0 aliphatic carbocycles. The van der Waals surface area contributed by atoms with Crippen molar-refractivity contribution >= 4 is 5.69 Å². The van der Waals surface area contributed by atoms with E-state index in [1.54, 1.807) is 19.1 Å². The van der Waals surface area contributed by atoms with E-state index in [9.17, 15) is 10.1 Å². The third-order valence-electron chi connectivity index (χ3n) is 2.93. The van der Waals surface area contributed by atoms with Gasteiger partial charge in [-0.3, -0.25) is 10.1 Å². The zero-order chi connectivity index (χ0) is 12.3. The highest BCUT2D eigenvalue weighted by Gasteiger charge is 2.17. The van der Waals surface area contributed by atoms with Crippen molar-refractivity contribution in [2.45, 2.75) is 25.9 Å². The first-order valence-electron chi connectivity index (χ1n) is 5.79. The summed E-state index contributed by atoms with van der Waals surface area (Å²) in [6, 6.07) is 5.02. The van der Waals surface area contributed by atoms with Crippen molar-refractivity contribution in [3.63, 3.8) is 0 Å². The summed E-state index contributed by atoms with van der Waals surface area (Å²) in [6.07, 6.45) is 2.19. The predicted molar refractivity (Wildman–Crippen MR) is 64.4 cm³/mol. The molecule has 0 radical (unpaired) electrons. The van der Waals surface area contributed by atoms with Crippen LogP contribution in [0.25, 0.3) is 0 Å². The van der Waals surface area contributed by atoms with Gasteiger partial charge in [0.05, 0.1) is 11.0 Å². The smallest absolute Gasteiger partial charge is 0.276 e. The highest BCUT2D eigenvalue weighted by molar-refractivity contribution is 5.45. The van der Waals surface area contributed by atoms with Gasteiger partial charge in [-0.05, 0) is 38.4 Å². The molecule has 1 aromatic carbocycles. The molecule has 2 rings (SSSR count). The summed E-state index contributed by atoms with van der Waals surface area (Å²) in [6.45, 7) is 3.56. The lowest BCUT2D eigenvalue weighted by Gasteiger charge is -2.23. The van der Waals surface area contributed by atoms with E-state index in [0.29, 0.717) is 11.3 Å². The van der Waals surface area contributed by atoms with Gasteiger partial charge in [0.2, 0.25) is 0 Å². The fourth-order valence-electron chi connectivity index (χ4n) is 1.97. The van der Waals surface area contributed by atoms with E-state index in [2.05, 4.69) is 5.32 Å². The van der Waals surface area contributed by atoms with Crippen molar-refractivity contribution in [2.75, 3.05) is 13.1 Å². The lowest BCUT2D eigenvalue weighted by Crippen LogP contribution is -2.37. The highest BCUT2D eigenvalue weighted by Crippen LogP contribution is 2.25. The van der Waals surface area contributed by atoms with E-state index < -0.39 is 0 Å². The molecular formula is C12H16N2O3. The molecule has 1 aliphatic rings. The average Bonchev–Trinajstić information content (AvgIpc) is 2.32. The van der Waals surface area contributed by atoms with Crippen LogP contribution in [0, 0.1) is 17.0 Å². The van der Waals surface area contributed by atoms with Crippen LogP contribution < -0.4 is 10.1 Å². The number of hydrogen-bond acceptors (Lipinski definition) is 4. The third-order valence-corrected chi connectivity index (χ3v) is 2.93. The Morgan fingerprint density at radius 1 is 1.53 bits per heavy atom. The first-order chi connectivity index (χ1) is 8.16. The van der Waals surface area contributed by atoms with Crippen LogP contribution in [0.2, 0.25) is 0 Å². The molecule has 1 N–H and O–H groups in total. The first kappa shape index (κ1) is 11.9. The molecule has 92 valence electrons. The van der Waals surface area contributed by atoms with Crippen molar-refractivity contribution in [1.29, 1.82) is 0 Å². The van der Waals surface area contributed by atoms with Gasteiger partial charge in [-0.15, -0.1) is 0 Å². The van der Waals surface area contributed by atoms with Crippen molar-refractivity contribution in [3.05, 3.63) is 33.9 Å². The number of hydrogen-bond donors (Lipinski definition) is 1. The number of nitro benzene ring substituents is 1. The van der Waals surface area contributed by atoms with E-state index in [-0.39, 0.29) is 16.7 Å². The number of ether oxygens (including phenoxy) is 1. The minimum Gasteiger partial charge on any atom is -0.489 e. The maximum absolute atomic E-state index is 10.8. The van der Waals surface area contributed by atoms with Crippen LogP contribution in [0.1, 0.15) is 18.4 Å². The summed E-state index contributed by atoms with van der Waals surface area (Å²) in [7, 11) is 0. The summed E-state index contributed by atoms with van der Waals surface area (Å²) in [5.74, 6) is 0.580. The second-order valence-electron chi connectivity index (χ2n) is 4.29. The van der Waals surface area contributed by atoms with Gasteiger partial charge in [-0.1, -0.05) is 0 Å². The minimum absolute atomic E-state index is 0.117. The first-order valence-corrected chi connectivity index (χ1v) is 5.79. The topological polar surface area (TPSA) is 64.4 Å². The van der Waals surface area contributed by atoms with Crippen LogP contribution in [0.3, 0.4) is 0 Å². The third kappa shape index (κ3) is 2.94. The monoisotopic (exact) mass is 236 g/mol. The van der Waals surface area contributed by atoms with E-state index in [1.807, 2.05) is 0 Å². The van der Waals surface area contributed by atoms with Crippen LogP contribution in [-0.4, -0.2) is 24.1 Å². The number of piperidine rings is 1. The van der Waals surface area contributed by atoms with Crippen molar-refractivity contribution < 1.29 is 9.66 Å². The Balaban J connectivity index is 2.10. The number of benzene rings is 1. The van der Waals surface area contributed by atoms with Crippen LogP contribution in [0.5, 0.6) is 5.75 Å². The van der Waals surface area contributed by atoms with Crippen molar-refractivity contribution in [3.8, 4) is 5.75 Å². The predicted octanol–water partition coefficient (Wildman–Crippen LogP) is 2.03. The fraction of sp³-hybridized carbons (Fsp3) is 0.500. The lowest BCUT2D eigenvalue weighted by atomic mass is 10.1. The van der Waals surface area contributed by atoms with Gasteiger partial charge in [0.25, 0.3) is 5.69 Å². The molecule has 0 bridgehead atoms. The molecule has 1 saturated heterocycles. The van der Waals surface area contributed by atoms with Gasteiger partial charge in [-0.2, -0.15) is 0 Å². The Morgan fingerprint density at radius 3 is 3.00 bits per heavy atom. The Bertz CT molecular complexity index is 414. The number of rotatable bonds is 3. The van der Waals surface area contributed by atoms with Gasteiger partial charge < -0.3 is 10.1 Å².